The molecule has 21 heavy (non-hydrogen) atoms. The first-order chi connectivity index (χ1) is 10.2. The van der Waals surface area contributed by atoms with Crippen LogP contribution in [0.15, 0.2) is 48.5 Å². The Morgan fingerprint density at radius 1 is 1.19 bits per heavy atom. The summed E-state index contributed by atoms with van der Waals surface area (Å²) in [4.78, 5) is 14.3. The highest BCUT2D eigenvalue weighted by Crippen LogP contribution is 2.35. The lowest BCUT2D eigenvalue weighted by Gasteiger charge is -2.25. The SMILES string of the molecule is CN(C(=O)Cc1ccccc1O)C1CCc2ccccc21. The summed E-state index contributed by atoms with van der Waals surface area (Å²) in [5.74, 6) is 0.226. The van der Waals surface area contributed by atoms with Crippen molar-refractivity contribution in [3.05, 3.63) is 65.2 Å². The summed E-state index contributed by atoms with van der Waals surface area (Å²) in [7, 11) is 1.86. The number of hydrogen-bond donors (Lipinski definition) is 1. The number of rotatable bonds is 3. The van der Waals surface area contributed by atoms with Crippen LogP contribution < -0.4 is 0 Å². The van der Waals surface area contributed by atoms with Crippen LogP contribution in [-0.2, 0) is 17.6 Å². The second kappa shape index (κ2) is 5.60. The van der Waals surface area contributed by atoms with Crippen LogP contribution in [-0.4, -0.2) is 23.0 Å². The summed E-state index contributed by atoms with van der Waals surface area (Å²) in [5, 5.41) is 9.79. The summed E-state index contributed by atoms with van der Waals surface area (Å²) >= 11 is 0. The number of phenols is 1. The fraction of sp³-hybridized carbons (Fsp3) is 0.278. The lowest BCUT2D eigenvalue weighted by atomic mass is 10.1. The molecule has 2 aromatic rings. The maximum atomic E-state index is 12.5. The van der Waals surface area contributed by atoms with Gasteiger partial charge >= 0.3 is 0 Å². The van der Waals surface area contributed by atoms with E-state index < -0.39 is 0 Å². The highest BCUT2D eigenvalue weighted by molar-refractivity contribution is 5.79. The highest BCUT2D eigenvalue weighted by atomic mass is 16.3. The van der Waals surface area contributed by atoms with Crippen LogP contribution in [0.4, 0.5) is 0 Å². The fourth-order valence-electron chi connectivity index (χ4n) is 3.06. The van der Waals surface area contributed by atoms with Crippen LogP contribution >= 0.6 is 0 Å². The van der Waals surface area contributed by atoms with Crippen molar-refractivity contribution in [3.63, 3.8) is 0 Å². The van der Waals surface area contributed by atoms with E-state index in [0.29, 0.717) is 5.56 Å². The Hall–Kier alpha value is -2.29. The van der Waals surface area contributed by atoms with Crippen molar-refractivity contribution >= 4 is 5.91 Å². The van der Waals surface area contributed by atoms with Crippen LogP contribution in [0.3, 0.4) is 0 Å². The minimum atomic E-state index is 0.0400. The van der Waals surface area contributed by atoms with E-state index in [4.69, 9.17) is 0 Å². The van der Waals surface area contributed by atoms with Crippen molar-refractivity contribution in [2.24, 2.45) is 0 Å². The van der Waals surface area contributed by atoms with Crippen LogP contribution in [0.1, 0.15) is 29.2 Å². The molecule has 0 aliphatic heterocycles. The number of hydrogen-bond acceptors (Lipinski definition) is 2. The van der Waals surface area contributed by atoms with Gasteiger partial charge in [0.05, 0.1) is 12.5 Å². The van der Waals surface area contributed by atoms with Gasteiger partial charge in [0.2, 0.25) is 5.91 Å². The Morgan fingerprint density at radius 2 is 1.90 bits per heavy atom. The Balaban J connectivity index is 1.76. The van der Waals surface area contributed by atoms with Gasteiger partial charge in [-0.05, 0) is 30.0 Å². The van der Waals surface area contributed by atoms with Gasteiger partial charge in [-0.2, -0.15) is 0 Å². The molecule has 3 nitrogen and oxygen atoms in total. The van der Waals surface area contributed by atoms with Crippen molar-refractivity contribution in [2.45, 2.75) is 25.3 Å². The number of fused-ring (bicyclic) bond motifs is 1. The van der Waals surface area contributed by atoms with Crippen molar-refractivity contribution in [1.82, 2.24) is 4.90 Å². The topological polar surface area (TPSA) is 40.5 Å². The first-order valence-corrected chi connectivity index (χ1v) is 7.27. The Labute approximate surface area is 124 Å². The number of carbonyl (C=O) groups is 1. The maximum absolute atomic E-state index is 12.5. The van der Waals surface area contributed by atoms with Gasteiger partial charge in [-0.3, -0.25) is 4.79 Å². The molecule has 0 heterocycles. The normalized spacial score (nSPS) is 16.5. The molecule has 3 heteroatoms. The maximum Gasteiger partial charge on any atom is 0.227 e. The standard InChI is InChI=1S/C18H19NO2/c1-19(16-11-10-13-6-2-4-8-15(13)16)18(21)12-14-7-3-5-9-17(14)20/h2-9,16,20H,10-12H2,1H3. The average molecular weight is 281 g/mol. The lowest BCUT2D eigenvalue weighted by Crippen LogP contribution is -2.31. The molecule has 1 atom stereocenters. The predicted octanol–water partition coefficient (Wildman–Crippen LogP) is 3.08. The zero-order valence-electron chi connectivity index (χ0n) is 12.1. The molecule has 0 saturated heterocycles. The first kappa shape index (κ1) is 13.7. The van der Waals surface area contributed by atoms with E-state index in [1.54, 1.807) is 18.2 Å². The van der Waals surface area contributed by atoms with Gasteiger partial charge in [0, 0.05) is 12.6 Å². The zero-order chi connectivity index (χ0) is 14.8. The predicted molar refractivity (Wildman–Crippen MR) is 82.1 cm³/mol. The molecule has 0 fully saturated rings. The van der Waals surface area contributed by atoms with Gasteiger partial charge in [0.15, 0.2) is 0 Å². The number of aryl methyl sites for hydroxylation is 1. The summed E-state index contributed by atoms with van der Waals surface area (Å²) in [6.07, 6.45) is 2.24. The lowest BCUT2D eigenvalue weighted by molar-refractivity contribution is -0.131. The Kier molecular flexibility index (Phi) is 3.65. The van der Waals surface area contributed by atoms with Gasteiger partial charge in [0.25, 0.3) is 0 Å². The molecule has 3 rings (SSSR count). The molecule has 1 unspecified atom stereocenters. The van der Waals surface area contributed by atoms with Crippen molar-refractivity contribution in [1.29, 1.82) is 0 Å². The monoisotopic (exact) mass is 281 g/mol. The van der Waals surface area contributed by atoms with Crippen molar-refractivity contribution < 1.29 is 9.90 Å². The number of phenolic OH excluding ortho intramolecular Hbond substituents is 1. The number of nitrogens with zero attached hydrogens (tertiary/aromatic N) is 1. The molecule has 1 N–H and O–H groups in total. The number of benzene rings is 2. The van der Waals surface area contributed by atoms with Crippen molar-refractivity contribution in [3.8, 4) is 5.75 Å². The largest absolute Gasteiger partial charge is 0.508 e. The summed E-state index contributed by atoms with van der Waals surface area (Å²) in [5.41, 5.74) is 3.27. The Bertz CT molecular complexity index is 666. The number of para-hydroxylation sites is 1. The van der Waals surface area contributed by atoms with Crippen LogP contribution in [0.5, 0.6) is 5.75 Å². The van der Waals surface area contributed by atoms with Crippen LogP contribution in [0, 0.1) is 0 Å². The van der Waals surface area contributed by atoms with E-state index in [2.05, 4.69) is 12.1 Å². The van der Waals surface area contributed by atoms with Gasteiger partial charge in [-0.1, -0.05) is 42.5 Å². The first-order valence-electron chi connectivity index (χ1n) is 7.27. The molecule has 0 spiro atoms. The van der Waals surface area contributed by atoms with Gasteiger partial charge in [-0.25, -0.2) is 0 Å². The second-order valence-electron chi connectivity index (χ2n) is 5.56. The molecular weight excluding hydrogens is 262 g/mol. The van der Waals surface area contributed by atoms with E-state index in [1.807, 2.05) is 30.1 Å². The minimum absolute atomic E-state index is 0.0400. The minimum Gasteiger partial charge on any atom is -0.508 e. The zero-order valence-corrected chi connectivity index (χ0v) is 12.1. The van der Waals surface area contributed by atoms with Gasteiger partial charge in [0.1, 0.15) is 5.75 Å². The number of amides is 1. The van der Waals surface area contributed by atoms with E-state index >= 15 is 0 Å². The molecule has 1 amide bonds. The van der Waals surface area contributed by atoms with E-state index in [9.17, 15) is 9.90 Å². The molecule has 108 valence electrons. The van der Waals surface area contributed by atoms with Crippen LogP contribution in [0.2, 0.25) is 0 Å². The summed E-state index contributed by atoms with van der Waals surface area (Å²) in [6.45, 7) is 0. The average Bonchev–Trinajstić information content (AvgIpc) is 2.92. The Morgan fingerprint density at radius 3 is 2.71 bits per heavy atom. The molecule has 1 aliphatic rings. The molecule has 2 aromatic carbocycles. The van der Waals surface area contributed by atoms with Gasteiger partial charge < -0.3 is 10.0 Å². The molecule has 0 bridgehead atoms. The van der Waals surface area contributed by atoms with Crippen molar-refractivity contribution in [2.75, 3.05) is 7.05 Å². The fourth-order valence-corrected chi connectivity index (χ4v) is 3.06. The molecule has 1 aliphatic carbocycles. The summed E-state index contributed by atoms with van der Waals surface area (Å²) < 4.78 is 0. The highest BCUT2D eigenvalue weighted by Gasteiger charge is 2.28. The second-order valence-corrected chi connectivity index (χ2v) is 5.56. The number of carbonyl (C=O) groups excluding carboxylic acids is 1. The molecule has 0 radical (unpaired) electrons. The third-order valence-corrected chi connectivity index (χ3v) is 4.30. The number of likely N-dealkylation sites (N-methyl/N-ethyl adjacent to an activating group) is 1. The summed E-state index contributed by atoms with van der Waals surface area (Å²) in [6, 6.07) is 15.5. The third-order valence-electron chi connectivity index (χ3n) is 4.30. The molecule has 0 aromatic heterocycles. The van der Waals surface area contributed by atoms with Crippen LogP contribution in [0.25, 0.3) is 0 Å². The quantitative estimate of drug-likeness (QED) is 0.939. The van der Waals surface area contributed by atoms with Gasteiger partial charge in [-0.15, -0.1) is 0 Å². The smallest absolute Gasteiger partial charge is 0.227 e. The molecular formula is C18H19NO2. The molecule has 0 saturated carbocycles. The number of aromatic hydroxyl groups is 1. The third kappa shape index (κ3) is 2.64. The van der Waals surface area contributed by atoms with E-state index in [0.717, 1.165) is 12.8 Å². The van der Waals surface area contributed by atoms with E-state index in [-0.39, 0.29) is 24.1 Å². The van der Waals surface area contributed by atoms with E-state index in [1.165, 1.54) is 11.1 Å².